The number of nitrogens with one attached hydrogen (secondary N) is 1. The number of hydrogen-bond acceptors (Lipinski definition) is 3. The van der Waals surface area contributed by atoms with Crippen LogP contribution in [-0.2, 0) is 11.3 Å². The number of carboxylic acids is 1. The van der Waals surface area contributed by atoms with E-state index in [1.807, 2.05) is 20.8 Å². The van der Waals surface area contributed by atoms with Gasteiger partial charge < -0.3 is 15.0 Å². The second-order valence-corrected chi connectivity index (χ2v) is 4.68. The van der Waals surface area contributed by atoms with E-state index in [0.29, 0.717) is 11.7 Å². The summed E-state index contributed by atoms with van der Waals surface area (Å²) in [6.45, 7) is 7.59. The Kier molecular flexibility index (Phi) is 4.47. The lowest BCUT2D eigenvalue weighted by Gasteiger charge is -2.18. The number of carbonyl (C=O) groups excluding carboxylic acids is 1. The predicted octanol–water partition coefficient (Wildman–Crippen LogP) is 1.05. The van der Waals surface area contributed by atoms with E-state index in [2.05, 4.69) is 10.3 Å². The van der Waals surface area contributed by atoms with Crippen molar-refractivity contribution in [1.82, 2.24) is 14.9 Å². The first-order valence-corrected chi connectivity index (χ1v) is 5.87. The van der Waals surface area contributed by atoms with Crippen molar-refractivity contribution in [3.05, 3.63) is 17.7 Å². The first-order valence-electron chi connectivity index (χ1n) is 5.87. The number of carboxylic acid groups (broad SMARTS) is 1. The van der Waals surface area contributed by atoms with E-state index in [0.717, 1.165) is 0 Å². The van der Waals surface area contributed by atoms with Crippen LogP contribution in [0.1, 0.15) is 37.1 Å². The van der Waals surface area contributed by atoms with Gasteiger partial charge in [0.05, 0.1) is 6.20 Å². The molecule has 1 aromatic heterocycles. The Balaban J connectivity index is 2.76. The van der Waals surface area contributed by atoms with E-state index >= 15 is 0 Å². The summed E-state index contributed by atoms with van der Waals surface area (Å²) in [6, 6.07) is 0.0506. The molecule has 0 saturated heterocycles. The van der Waals surface area contributed by atoms with Gasteiger partial charge in [0.2, 0.25) is 5.91 Å². The molecule has 0 aliphatic rings. The first-order chi connectivity index (χ1) is 8.32. The van der Waals surface area contributed by atoms with Gasteiger partial charge in [0.1, 0.15) is 18.1 Å². The van der Waals surface area contributed by atoms with Gasteiger partial charge in [0.15, 0.2) is 0 Å². The van der Waals surface area contributed by atoms with Crippen molar-refractivity contribution in [2.45, 2.75) is 40.3 Å². The monoisotopic (exact) mass is 253 g/mol. The Morgan fingerprint density at radius 2 is 2.06 bits per heavy atom. The number of aromatic carboxylic acids is 1. The molecule has 6 nitrogen and oxygen atoms in total. The molecule has 1 heterocycles. The molecule has 18 heavy (non-hydrogen) atoms. The maximum absolute atomic E-state index is 11.8. The molecule has 0 fully saturated rings. The highest BCUT2D eigenvalue weighted by Gasteiger charge is 2.17. The van der Waals surface area contributed by atoms with E-state index in [-0.39, 0.29) is 24.2 Å². The van der Waals surface area contributed by atoms with Crippen LogP contribution in [0.15, 0.2) is 6.20 Å². The number of amides is 1. The van der Waals surface area contributed by atoms with Gasteiger partial charge in [-0.3, -0.25) is 4.79 Å². The van der Waals surface area contributed by atoms with Crippen LogP contribution in [0.3, 0.4) is 0 Å². The molecule has 0 spiro atoms. The molecular formula is C12H19N3O3. The van der Waals surface area contributed by atoms with E-state index in [1.54, 1.807) is 6.92 Å². The van der Waals surface area contributed by atoms with Crippen molar-refractivity contribution in [2.24, 2.45) is 5.92 Å². The Morgan fingerprint density at radius 3 is 2.56 bits per heavy atom. The maximum atomic E-state index is 11.8. The molecule has 1 aromatic rings. The molecule has 0 radical (unpaired) electrons. The smallest absolute Gasteiger partial charge is 0.354 e. The SMILES string of the molecule is Cc1ncc(C(=O)O)n1CC(=O)NC(C)C(C)C. The molecule has 0 aromatic carbocycles. The number of carbonyl (C=O) groups is 2. The van der Waals surface area contributed by atoms with E-state index in [9.17, 15) is 9.59 Å². The van der Waals surface area contributed by atoms with Gasteiger partial charge in [0, 0.05) is 6.04 Å². The average Bonchev–Trinajstić information content (AvgIpc) is 2.60. The fourth-order valence-electron chi connectivity index (χ4n) is 1.45. The number of hydrogen-bond donors (Lipinski definition) is 2. The zero-order valence-corrected chi connectivity index (χ0v) is 11.1. The van der Waals surface area contributed by atoms with Gasteiger partial charge in [-0.05, 0) is 19.8 Å². The molecule has 1 atom stereocenters. The molecule has 0 aliphatic heterocycles. The Bertz CT molecular complexity index is 451. The first kappa shape index (κ1) is 14.2. The van der Waals surface area contributed by atoms with Gasteiger partial charge in [-0.1, -0.05) is 13.8 Å². The highest BCUT2D eigenvalue weighted by Crippen LogP contribution is 2.05. The molecule has 6 heteroatoms. The Morgan fingerprint density at radius 1 is 1.44 bits per heavy atom. The topological polar surface area (TPSA) is 84.2 Å². The van der Waals surface area contributed by atoms with Crippen LogP contribution >= 0.6 is 0 Å². The van der Waals surface area contributed by atoms with Crippen LogP contribution in [0.25, 0.3) is 0 Å². The minimum atomic E-state index is -1.08. The second-order valence-electron chi connectivity index (χ2n) is 4.68. The fraction of sp³-hybridized carbons (Fsp3) is 0.583. The van der Waals surface area contributed by atoms with Gasteiger partial charge in [0.25, 0.3) is 0 Å². The summed E-state index contributed by atoms with van der Waals surface area (Å²) in [5.41, 5.74) is 0.0276. The van der Waals surface area contributed by atoms with E-state index in [4.69, 9.17) is 5.11 Å². The summed E-state index contributed by atoms with van der Waals surface area (Å²) in [4.78, 5) is 26.7. The maximum Gasteiger partial charge on any atom is 0.354 e. The Labute approximate surface area is 106 Å². The van der Waals surface area contributed by atoms with Crippen molar-refractivity contribution in [3.63, 3.8) is 0 Å². The lowest BCUT2D eigenvalue weighted by molar-refractivity contribution is -0.122. The molecular weight excluding hydrogens is 234 g/mol. The molecule has 0 bridgehead atoms. The van der Waals surface area contributed by atoms with Crippen molar-refractivity contribution in [1.29, 1.82) is 0 Å². The molecule has 1 rings (SSSR count). The fourth-order valence-corrected chi connectivity index (χ4v) is 1.45. The minimum Gasteiger partial charge on any atom is -0.477 e. The normalized spacial score (nSPS) is 12.5. The van der Waals surface area contributed by atoms with E-state index < -0.39 is 5.97 Å². The van der Waals surface area contributed by atoms with Crippen molar-refractivity contribution in [2.75, 3.05) is 0 Å². The average molecular weight is 253 g/mol. The largest absolute Gasteiger partial charge is 0.477 e. The van der Waals surface area contributed by atoms with Crippen molar-refractivity contribution >= 4 is 11.9 Å². The molecule has 1 unspecified atom stereocenters. The molecule has 100 valence electrons. The minimum absolute atomic E-state index is 0.0233. The second kappa shape index (κ2) is 5.66. The third-order valence-electron chi connectivity index (χ3n) is 2.96. The summed E-state index contributed by atoms with van der Waals surface area (Å²) >= 11 is 0. The lowest BCUT2D eigenvalue weighted by Crippen LogP contribution is -2.38. The number of rotatable bonds is 5. The zero-order chi connectivity index (χ0) is 13.9. The summed E-state index contributed by atoms with van der Waals surface area (Å²) in [5.74, 6) is -0.448. The molecule has 1 amide bonds. The quantitative estimate of drug-likeness (QED) is 0.821. The van der Waals surface area contributed by atoms with Crippen LogP contribution in [0, 0.1) is 12.8 Å². The van der Waals surface area contributed by atoms with Gasteiger partial charge in [-0.25, -0.2) is 9.78 Å². The van der Waals surface area contributed by atoms with Gasteiger partial charge in [-0.15, -0.1) is 0 Å². The van der Waals surface area contributed by atoms with Gasteiger partial charge in [-0.2, -0.15) is 0 Å². The highest BCUT2D eigenvalue weighted by atomic mass is 16.4. The number of aryl methyl sites for hydroxylation is 1. The van der Waals surface area contributed by atoms with Crippen LogP contribution in [-0.4, -0.2) is 32.6 Å². The molecule has 2 N–H and O–H groups in total. The molecule has 0 saturated carbocycles. The van der Waals surface area contributed by atoms with Crippen LogP contribution < -0.4 is 5.32 Å². The van der Waals surface area contributed by atoms with Crippen molar-refractivity contribution in [3.8, 4) is 0 Å². The molecule has 0 aliphatic carbocycles. The number of aromatic nitrogens is 2. The highest BCUT2D eigenvalue weighted by molar-refractivity contribution is 5.86. The third kappa shape index (κ3) is 3.32. The summed E-state index contributed by atoms with van der Waals surface area (Å²) < 4.78 is 1.39. The summed E-state index contributed by atoms with van der Waals surface area (Å²) in [5, 5.41) is 11.8. The van der Waals surface area contributed by atoms with Crippen LogP contribution in [0.2, 0.25) is 0 Å². The van der Waals surface area contributed by atoms with Crippen LogP contribution in [0.4, 0.5) is 0 Å². The van der Waals surface area contributed by atoms with E-state index in [1.165, 1.54) is 10.8 Å². The number of imidazole rings is 1. The third-order valence-corrected chi connectivity index (χ3v) is 2.96. The lowest BCUT2D eigenvalue weighted by atomic mass is 10.1. The van der Waals surface area contributed by atoms with Crippen molar-refractivity contribution < 1.29 is 14.7 Å². The summed E-state index contributed by atoms with van der Waals surface area (Å²) in [7, 11) is 0. The number of nitrogens with zero attached hydrogens (tertiary/aromatic N) is 2. The zero-order valence-electron chi connectivity index (χ0n) is 11.1. The van der Waals surface area contributed by atoms with Gasteiger partial charge >= 0.3 is 5.97 Å². The summed E-state index contributed by atoms with van der Waals surface area (Å²) in [6.07, 6.45) is 1.26. The Hall–Kier alpha value is -1.85. The predicted molar refractivity (Wildman–Crippen MR) is 66.4 cm³/mol. The standard InChI is InChI=1S/C12H19N3O3/c1-7(2)8(3)14-11(16)6-15-9(4)13-5-10(15)12(17)18/h5,7-8H,6H2,1-4H3,(H,14,16)(H,17,18). The van der Waals surface area contributed by atoms with Crippen LogP contribution in [0.5, 0.6) is 0 Å².